The van der Waals surface area contributed by atoms with Crippen molar-refractivity contribution in [3.63, 3.8) is 0 Å². The van der Waals surface area contributed by atoms with Crippen LogP contribution in [0.5, 0.6) is 0 Å². The Kier molecular flexibility index (Phi) is 3.68. The number of nitrogens with one attached hydrogen (secondary N) is 1. The van der Waals surface area contributed by atoms with Crippen LogP contribution in [0.25, 0.3) is 11.1 Å². The second kappa shape index (κ2) is 5.08. The standard InChI is InChI=1S/C14H20N2O2/c1-10-16-12-5-4-11(8-13(12)18-10)6-7-15-9-14(2,3)17/h4-5,8,15,17H,6-7,9H2,1-3H3. The molecule has 0 saturated carbocycles. The van der Waals surface area contributed by atoms with Crippen molar-refractivity contribution >= 4 is 11.1 Å². The van der Waals surface area contributed by atoms with Gasteiger partial charge >= 0.3 is 0 Å². The van der Waals surface area contributed by atoms with E-state index in [9.17, 15) is 5.11 Å². The average Bonchev–Trinajstić information content (AvgIpc) is 2.62. The van der Waals surface area contributed by atoms with E-state index < -0.39 is 5.60 Å². The molecule has 0 saturated heterocycles. The molecule has 0 fully saturated rings. The summed E-state index contributed by atoms with van der Waals surface area (Å²) < 4.78 is 5.50. The fraction of sp³-hybridized carbons (Fsp3) is 0.500. The average molecular weight is 248 g/mol. The highest BCUT2D eigenvalue weighted by molar-refractivity contribution is 5.73. The molecule has 0 unspecified atom stereocenters. The summed E-state index contributed by atoms with van der Waals surface area (Å²) in [5.41, 5.74) is 2.29. The van der Waals surface area contributed by atoms with E-state index in [1.54, 1.807) is 13.8 Å². The summed E-state index contributed by atoms with van der Waals surface area (Å²) in [7, 11) is 0. The molecule has 2 aromatic rings. The molecule has 4 heteroatoms. The van der Waals surface area contributed by atoms with E-state index in [0.717, 1.165) is 24.1 Å². The molecule has 0 aliphatic carbocycles. The molecule has 0 bridgehead atoms. The zero-order chi connectivity index (χ0) is 13.2. The van der Waals surface area contributed by atoms with Crippen molar-refractivity contribution in [2.75, 3.05) is 13.1 Å². The van der Waals surface area contributed by atoms with Crippen molar-refractivity contribution < 1.29 is 9.52 Å². The molecule has 4 nitrogen and oxygen atoms in total. The quantitative estimate of drug-likeness (QED) is 0.795. The van der Waals surface area contributed by atoms with Gasteiger partial charge in [0.25, 0.3) is 0 Å². The van der Waals surface area contributed by atoms with Crippen molar-refractivity contribution in [3.05, 3.63) is 29.7 Å². The first-order valence-corrected chi connectivity index (χ1v) is 6.23. The molecule has 2 N–H and O–H groups in total. The number of hydrogen-bond acceptors (Lipinski definition) is 4. The van der Waals surface area contributed by atoms with Gasteiger partial charge in [0.15, 0.2) is 11.5 Å². The minimum Gasteiger partial charge on any atom is -0.441 e. The summed E-state index contributed by atoms with van der Waals surface area (Å²) in [6, 6.07) is 6.08. The van der Waals surface area contributed by atoms with Gasteiger partial charge in [-0.15, -0.1) is 0 Å². The molecular weight excluding hydrogens is 228 g/mol. The topological polar surface area (TPSA) is 58.3 Å². The van der Waals surface area contributed by atoms with Crippen LogP contribution in [0, 0.1) is 6.92 Å². The van der Waals surface area contributed by atoms with Crippen molar-refractivity contribution in [2.24, 2.45) is 0 Å². The Morgan fingerprint density at radius 2 is 2.17 bits per heavy atom. The second-order valence-corrected chi connectivity index (χ2v) is 5.27. The van der Waals surface area contributed by atoms with E-state index in [-0.39, 0.29) is 0 Å². The van der Waals surface area contributed by atoms with E-state index in [1.807, 2.05) is 19.1 Å². The Hall–Kier alpha value is -1.39. The highest BCUT2D eigenvalue weighted by atomic mass is 16.3. The third kappa shape index (κ3) is 3.55. The minimum atomic E-state index is -0.661. The van der Waals surface area contributed by atoms with Gasteiger partial charge in [-0.2, -0.15) is 0 Å². The Labute approximate surface area is 107 Å². The summed E-state index contributed by atoms with van der Waals surface area (Å²) in [6.45, 7) is 6.87. The molecule has 18 heavy (non-hydrogen) atoms. The molecule has 0 aliphatic heterocycles. The van der Waals surface area contributed by atoms with E-state index in [0.29, 0.717) is 12.4 Å². The van der Waals surface area contributed by atoms with Gasteiger partial charge in [0.2, 0.25) is 0 Å². The fourth-order valence-corrected chi connectivity index (χ4v) is 1.87. The van der Waals surface area contributed by atoms with Crippen molar-refractivity contribution in [1.29, 1.82) is 0 Å². The van der Waals surface area contributed by atoms with E-state index in [2.05, 4.69) is 16.4 Å². The molecule has 1 aromatic heterocycles. The molecule has 0 radical (unpaired) electrons. The third-order valence-electron chi connectivity index (χ3n) is 2.71. The van der Waals surface area contributed by atoms with Crippen LogP contribution in [0.4, 0.5) is 0 Å². The van der Waals surface area contributed by atoms with E-state index in [4.69, 9.17) is 4.42 Å². The van der Waals surface area contributed by atoms with Gasteiger partial charge in [0, 0.05) is 13.5 Å². The third-order valence-corrected chi connectivity index (χ3v) is 2.71. The van der Waals surface area contributed by atoms with Crippen LogP contribution in [0.2, 0.25) is 0 Å². The molecule has 0 amide bonds. The number of benzene rings is 1. The van der Waals surface area contributed by atoms with Crippen LogP contribution >= 0.6 is 0 Å². The van der Waals surface area contributed by atoms with Crippen LogP contribution in [0.1, 0.15) is 25.3 Å². The lowest BCUT2D eigenvalue weighted by Gasteiger charge is -2.17. The number of hydrogen-bond donors (Lipinski definition) is 2. The smallest absolute Gasteiger partial charge is 0.192 e. The SMILES string of the molecule is Cc1nc2ccc(CCNCC(C)(C)O)cc2o1. The maximum absolute atomic E-state index is 9.57. The molecule has 2 rings (SSSR count). The summed E-state index contributed by atoms with van der Waals surface area (Å²) in [6.07, 6.45) is 0.908. The van der Waals surface area contributed by atoms with Crippen molar-refractivity contribution in [3.8, 4) is 0 Å². The molecule has 0 spiro atoms. The highest BCUT2D eigenvalue weighted by Gasteiger charge is 2.10. The number of aliphatic hydroxyl groups is 1. The summed E-state index contributed by atoms with van der Waals surface area (Å²) in [5.74, 6) is 0.697. The Morgan fingerprint density at radius 1 is 1.39 bits per heavy atom. The van der Waals surface area contributed by atoms with Crippen LogP contribution in [-0.2, 0) is 6.42 Å². The molecule has 0 aliphatic rings. The monoisotopic (exact) mass is 248 g/mol. The first kappa shape index (κ1) is 13.1. The normalized spacial score (nSPS) is 12.2. The van der Waals surface area contributed by atoms with Crippen LogP contribution in [0.15, 0.2) is 22.6 Å². The van der Waals surface area contributed by atoms with Crippen LogP contribution in [-0.4, -0.2) is 28.8 Å². The largest absolute Gasteiger partial charge is 0.441 e. The van der Waals surface area contributed by atoms with E-state index >= 15 is 0 Å². The number of oxazole rings is 1. The minimum absolute atomic E-state index is 0.594. The summed E-state index contributed by atoms with van der Waals surface area (Å²) in [4.78, 5) is 4.27. The van der Waals surface area contributed by atoms with Gasteiger partial charge in [-0.05, 0) is 44.5 Å². The molecule has 98 valence electrons. The summed E-state index contributed by atoms with van der Waals surface area (Å²) in [5, 5.41) is 12.8. The lowest BCUT2D eigenvalue weighted by Crippen LogP contribution is -2.35. The number of rotatable bonds is 5. The zero-order valence-electron chi connectivity index (χ0n) is 11.2. The Bertz CT molecular complexity index is 526. The van der Waals surface area contributed by atoms with Gasteiger partial charge in [0.1, 0.15) is 5.52 Å². The van der Waals surface area contributed by atoms with Gasteiger partial charge in [-0.25, -0.2) is 4.98 Å². The highest BCUT2D eigenvalue weighted by Crippen LogP contribution is 2.16. The fourth-order valence-electron chi connectivity index (χ4n) is 1.87. The maximum Gasteiger partial charge on any atom is 0.192 e. The second-order valence-electron chi connectivity index (χ2n) is 5.27. The predicted molar refractivity (Wildman–Crippen MR) is 71.6 cm³/mol. The van der Waals surface area contributed by atoms with Gasteiger partial charge < -0.3 is 14.8 Å². The van der Waals surface area contributed by atoms with Gasteiger partial charge in [0.05, 0.1) is 5.60 Å². The molecule has 1 aromatic carbocycles. The Balaban J connectivity index is 1.91. The van der Waals surface area contributed by atoms with Crippen LogP contribution in [0.3, 0.4) is 0 Å². The first-order chi connectivity index (χ1) is 8.44. The summed E-state index contributed by atoms with van der Waals surface area (Å²) >= 11 is 0. The lowest BCUT2D eigenvalue weighted by molar-refractivity contribution is 0.0801. The molecule has 0 atom stereocenters. The zero-order valence-corrected chi connectivity index (χ0v) is 11.2. The van der Waals surface area contributed by atoms with Crippen molar-refractivity contribution in [2.45, 2.75) is 32.8 Å². The van der Waals surface area contributed by atoms with Gasteiger partial charge in [-0.1, -0.05) is 6.07 Å². The van der Waals surface area contributed by atoms with Crippen LogP contribution < -0.4 is 5.32 Å². The van der Waals surface area contributed by atoms with E-state index in [1.165, 1.54) is 5.56 Å². The number of nitrogens with zero attached hydrogens (tertiary/aromatic N) is 1. The van der Waals surface area contributed by atoms with Gasteiger partial charge in [-0.3, -0.25) is 0 Å². The maximum atomic E-state index is 9.57. The Morgan fingerprint density at radius 3 is 2.89 bits per heavy atom. The van der Waals surface area contributed by atoms with Crippen molar-refractivity contribution in [1.82, 2.24) is 10.3 Å². The molecule has 1 heterocycles. The number of aryl methyl sites for hydroxylation is 1. The number of aromatic nitrogens is 1. The first-order valence-electron chi connectivity index (χ1n) is 6.23. The number of fused-ring (bicyclic) bond motifs is 1. The molecular formula is C14H20N2O2. The predicted octanol–water partition coefficient (Wildman–Crippen LogP) is 2.04. The lowest BCUT2D eigenvalue weighted by atomic mass is 10.1.